The molecule has 0 aliphatic carbocycles. The van der Waals surface area contributed by atoms with Crippen molar-refractivity contribution in [1.29, 1.82) is 0 Å². The Hall–Kier alpha value is -1.22. The zero-order valence-electron chi connectivity index (χ0n) is 13.7. The molecule has 3 nitrogen and oxygen atoms in total. The van der Waals surface area contributed by atoms with E-state index in [4.69, 9.17) is 11.6 Å². The number of hydrogen-bond donors (Lipinski definition) is 2. The fourth-order valence-electron chi connectivity index (χ4n) is 2.73. The maximum absolute atomic E-state index is 12.0. The molecule has 4 heteroatoms. The molecule has 0 heterocycles. The van der Waals surface area contributed by atoms with Crippen LogP contribution in [0.15, 0.2) is 24.3 Å². The lowest BCUT2D eigenvalue weighted by Gasteiger charge is -2.33. The van der Waals surface area contributed by atoms with Gasteiger partial charge >= 0.3 is 6.03 Å². The molecule has 0 spiro atoms. The van der Waals surface area contributed by atoms with Crippen LogP contribution in [-0.4, -0.2) is 18.1 Å². The summed E-state index contributed by atoms with van der Waals surface area (Å²) in [5.74, 6) is 0. The highest BCUT2D eigenvalue weighted by Crippen LogP contribution is 2.26. The van der Waals surface area contributed by atoms with Gasteiger partial charge in [-0.05, 0) is 49.8 Å². The summed E-state index contributed by atoms with van der Waals surface area (Å²) in [6.07, 6.45) is 1.69. The number of benzene rings is 1. The van der Waals surface area contributed by atoms with E-state index in [1.54, 1.807) is 0 Å². The number of rotatable bonds is 5. The summed E-state index contributed by atoms with van der Waals surface area (Å²) in [5, 5.41) is 6.66. The summed E-state index contributed by atoms with van der Waals surface area (Å²) < 4.78 is 0. The molecule has 0 bridgehead atoms. The van der Waals surface area contributed by atoms with Gasteiger partial charge in [0.05, 0.1) is 0 Å². The minimum atomic E-state index is -0.224. The number of carbonyl (C=O) groups is 1. The van der Waals surface area contributed by atoms with Crippen LogP contribution < -0.4 is 10.6 Å². The van der Waals surface area contributed by atoms with Gasteiger partial charge in [-0.25, -0.2) is 4.79 Å². The molecule has 0 saturated carbocycles. The number of nitrogens with one attached hydrogen (secondary N) is 2. The van der Waals surface area contributed by atoms with Crippen molar-refractivity contribution in [3.05, 3.63) is 34.9 Å². The van der Waals surface area contributed by atoms with E-state index in [1.165, 1.54) is 0 Å². The summed E-state index contributed by atoms with van der Waals surface area (Å²) in [7, 11) is 0. The highest BCUT2D eigenvalue weighted by Gasteiger charge is 2.26. The van der Waals surface area contributed by atoms with Crippen molar-refractivity contribution in [3.8, 4) is 0 Å². The Balaban J connectivity index is 2.37. The number of halogens is 1. The van der Waals surface area contributed by atoms with Gasteiger partial charge in [-0.2, -0.15) is 0 Å². The Kier molecular flexibility index (Phi) is 6.09. The van der Waals surface area contributed by atoms with Crippen LogP contribution in [0.3, 0.4) is 0 Å². The second kappa shape index (κ2) is 7.17. The van der Waals surface area contributed by atoms with Gasteiger partial charge in [0.1, 0.15) is 0 Å². The van der Waals surface area contributed by atoms with Crippen molar-refractivity contribution in [3.63, 3.8) is 0 Å². The van der Waals surface area contributed by atoms with Gasteiger partial charge in [0.15, 0.2) is 0 Å². The Labute approximate surface area is 133 Å². The molecular formula is C17H27ClN2O. The normalized spacial score (nSPS) is 12.1. The molecule has 0 fully saturated rings. The van der Waals surface area contributed by atoms with Crippen LogP contribution in [0.4, 0.5) is 4.79 Å². The van der Waals surface area contributed by atoms with Crippen molar-refractivity contribution in [2.24, 2.45) is 5.41 Å². The maximum Gasteiger partial charge on any atom is 0.315 e. The minimum absolute atomic E-state index is 0.119. The van der Waals surface area contributed by atoms with Crippen molar-refractivity contribution in [1.82, 2.24) is 10.6 Å². The number of hydrogen-bond acceptors (Lipinski definition) is 1. The fraction of sp³-hybridized carbons (Fsp3) is 0.588. The molecule has 2 amide bonds. The van der Waals surface area contributed by atoms with Crippen molar-refractivity contribution in [2.75, 3.05) is 6.54 Å². The Bertz CT molecular complexity index is 478. The quantitative estimate of drug-likeness (QED) is 0.831. The molecule has 0 unspecified atom stereocenters. The average Bonchev–Trinajstić information content (AvgIpc) is 2.24. The first-order valence-electron chi connectivity index (χ1n) is 7.38. The Morgan fingerprint density at radius 1 is 1.19 bits per heavy atom. The third kappa shape index (κ3) is 7.96. The summed E-state index contributed by atoms with van der Waals surface area (Å²) in [6.45, 7) is 11.2. The van der Waals surface area contributed by atoms with E-state index in [1.807, 2.05) is 24.3 Å². The van der Waals surface area contributed by atoms with Crippen molar-refractivity contribution in [2.45, 2.75) is 53.0 Å². The van der Waals surface area contributed by atoms with Crippen LogP contribution in [0.5, 0.6) is 0 Å². The predicted molar refractivity (Wildman–Crippen MR) is 89.8 cm³/mol. The molecular weight excluding hydrogens is 284 g/mol. The van der Waals surface area contributed by atoms with Gasteiger partial charge in [-0.15, -0.1) is 0 Å². The van der Waals surface area contributed by atoms with Gasteiger partial charge in [-0.1, -0.05) is 44.5 Å². The highest BCUT2D eigenvalue weighted by atomic mass is 35.5. The van der Waals surface area contributed by atoms with Crippen LogP contribution in [0, 0.1) is 5.41 Å². The van der Waals surface area contributed by atoms with Gasteiger partial charge in [0.25, 0.3) is 0 Å². The largest absolute Gasteiger partial charge is 0.338 e. The Morgan fingerprint density at radius 3 is 2.43 bits per heavy atom. The zero-order valence-corrected chi connectivity index (χ0v) is 14.5. The molecule has 1 aromatic rings. The third-order valence-corrected chi connectivity index (χ3v) is 3.25. The molecule has 0 aliphatic heterocycles. The lowest BCUT2D eigenvalue weighted by molar-refractivity contribution is 0.210. The van der Waals surface area contributed by atoms with Gasteiger partial charge in [-0.3, -0.25) is 0 Å². The van der Waals surface area contributed by atoms with E-state index in [0.29, 0.717) is 6.54 Å². The average molecular weight is 311 g/mol. The summed E-state index contributed by atoms with van der Waals surface area (Å²) in [6, 6.07) is 7.58. The van der Waals surface area contributed by atoms with E-state index in [0.717, 1.165) is 23.4 Å². The van der Waals surface area contributed by atoms with E-state index in [9.17, 15) is 4.79 Å². The lowest BCUT2D eigenvalue weighted by Crippen LogP contribution is -2.50. The van der Waals surface area contributed by atoms with E-state index in [-0.39, 0.29) is 17.0 Å². The second-order valence-electron chi connectivity index (χ2n) is 7.38. The molecule has 2 N–H and O–H groups in total. The zero-order chi connectivity index (χ0) is 16.1. The predicted octanol–water partition coefficient (Wildman–Crippen LogP) is 4.40. The summed E-state index contributed by atoms with van der Waals surface area (Å²) in [5.41, 5.74) is 1.08. The van der Waals surface area contributed by atoms with Crippen LogP contribution in [0.2, 0.25) is 5.02 Å². The molecule has 21 heavy (non-hydrogen) atoms. The highest BCUT2D eigenvalue weighted by molar-refractivity contribution is 6.30. The van der Waals surface area contributed by atoms with E-state index >= 15 is 0 Å². The Morgan fingerprint density at radius 2 is 1.86 bits per heavy atom. The van der Waals surface area contributed by atoms with E-state index in [2.05, 4.69) is 45.3 Å². The van der Waals surface area contributed by atoms with Crippen LogP contribution >= 0.6 is 11.6 Å². The number of carbonyl (C=O) groups excluding carboxylic acids is 1. The lowest BCUT2D eigenvalue weighted by atomic mass is 9.82. The fourth-order valence-corrected chi connectivity index (χ4v) is 2.95. The van der Waals surface area contributed by atoms with Gasteiger partial charge in [0.2, 0.25) is 0 Å². The van der Waals surface area contributed by atoms with E-state index < -0.39 is 0 Å². The SMILES string of the molecule is CC(C)(C)CC(C)(C)NC(=O)NCCc1cccc(Cl)c1. The smallest absolute Gasteiger partial charge is 0.315 e. The standard InChI is InChI=1S/C17H27ClN2O/c1-16(2,3)12-17(4,5)20-15(21)19-10-9-13-7-6-8-14(18)11-13/h6-8,11H,9-10,12H2,1-5H3,(H2,19,20,21). The third-order valence-electron chi connectivity index (χ3n) is 3.01. The van der Waals surface area contributed by atoms with Crippen molar-refractivity contribution >= 4 is 17.6 Å². The van der Waals surface area contributed by atoms with Gasteiger partial charge in [0, 0.05) is 17.1 Å². The van der Waals surface area contributed by atoms with Crippen LogP contribution in [0.25, 0.3) is 0 Å². The topological polar surface area (TPSA) is 41.1 Å². The first kappa shape index (κ1) is 17.8. The second-order valence-corrected chi connectivity index (χ2v) is 7.82. The first-order chi connectivity index (χ1) is 9.57. The number of amides is 2. The molecule has 0 aliphatic rings. The van der Waals surface area contributed by atoms with Gasteiger partial charge < -0.3 is 10.6 Å². The van der Waals surface area contributed by atoms with Crippen LogP contribution in [-0.2, 0) is 6.42 Å². The van der Waals surface area contributed by atoms with Crippen molar-refractivity contribution < 1.29 is 4.79 Å². The molecule has 0 radical (unpaired) electrons. The monoisotopic (exact) mass is 310 g/mol. The minimum Gasteiger partial charge on any atom is -0.338 e. The molecule has 1 aromatic carbocycles. The molecule has 118 valence electrons. The summed E-state index contributed by atoms with van der Waals surface area (Å²) in [4.78, 5) is 12.0. The maximum atomic E-state index is 12.0. The summed E-state index contributed by atoms with van der Waals surface area (Å²) >= 11 is 5.94. The number of urea groups is 1. The first-order valence-corrected chi connectivity index (χ1v) is 7.76. The molecule has 0 saturated heterocycles. The van der Waals surface area contributed by atoms with Crippen LogP contribution in [0.1, 0.15) is 46.6 Å². The molecule has 0 aromatic heterocycles. The molecule has 1 rings (SSSR count). The molecule has 0 atom stereocenters.